The largest absolute Gasteiger partial charge is 0.430 e. The second-order valence-corrected chi connectivity index (χ2v) is 3.63. The van der Waals surface area contributed by atoms with Crippen molar-refractivity contribution in [1.82, 2.24) is 0 Å². The Morgan fingerprint density at radius 3 is 1.80 bits per heavy atom. The van der Waals surface area contributed by atoms with Crippen LogP contribution in [0.15, 0.2) is 18.2 Å². The summed E-state index contributed by atoms with van der Waals surface area (Å²) in [5, 5.41) is 19.2. The Balaban J connectivity index is 3.54. The fourth-order valence-electron chi connectivity index (χ4n) is 1.37. The fraction of sp³-hybridized carbons (Fsp3) is 0.333. The molecule has 11 heteroatoms. The third-order valence-electron chi connectivity index (χ3n) is 2.38. The van der Waals surface area contributed by atoms with Gasteiger partial charge in [-0.2, -0.15) is 30.7 Å². The standard InChI is InChI=1S/C9H4F7NO3/c10-5-3-4(1-2-6(5)17(19)20)7(18,8(11,12)13)9(14,15)16/h1-3,18H. The second kappa shape index (κ2) is 4.58. The monoisotopic (exact) mass is 307 g/mol. The molecule has 0 aromatic heterocycles. The highest BCUT2D eigenvalue weighted by atomic mass is 19.4. The maximum Gasteiger partial charge on any atom is 0.430 e. The lowest BCUT2D eigenvalue weighted by molar-refractivity contribution is -0.388. The van der Waals surface area contributed by atoms with Gasteiger partial charge in [0.15, 0.2) is 0 Å². The summed E-state index contributed by atoms with van der Waals surface area (Å²) >= 11 is 0. The molecule has 1 rings (SSSR count). The summed E-state index contributed by atoms with van der Waals surface area (Å²) < 4.78 is 87.8. The molecule has 0 saturated heterocycles. The molecule has 0 spiro atoms. The lowest BCUT2D eigenvalue weighted by Crippen LogP contribution is -2.53. The molecule has 0 unspecified atom stereocenters. The number of benzene rings is 1. The number of halogens is 7. The molecule has 0 amide bonds. The molecule has 0 radical (unpaired) electrons. The van der Waals surface area contributed by atoms with E-state index >= 15 is 0 Å². The van der Waals surface area contributed by atoms with Crippen molar-refractivity contribution in [2.45, 2.75) is 18.0 Å². The average molecular weight is 307 g/mol. The first kappa shape index (κ1) is 16.1. The normalized spacial score (nSPS) is 13.4. The molecule has 0 aliphatic heterocycles. The molecule has 1 aromatic carbocycles. The highest BCUT2D eigenvalue weighted by molar-refractivity contribution is 5.38. The van der Waals surface area contributed by atoms with E-state index in [1.165, 1.54) is 0 Å². The van der Waals surface area contributed by atoms with Gasteiger partial charge in [0.25, 0.3) is 5.60 Å². The summed E-state index contributed by atoms with van der Waals surface area (Å²) in [6.45, 7) is 0. The van der Waals surface area contributed by atoms with Crippen LogP contribution in [0.4, 0.5) is 36.4 Å². The van der Waals surface area contributed by atoms with E-state index in [4.69, 9.17) is 5.11 Å². The zero-order chi connectivity index (χ0) is 15.9. The molecular weight excluding hydrogens is 303 g/mol. The summed E-state index contributed by atoms with van der Waals surface area (Å²) in [4.78, 5) is 8.90. The molecule has 112 valence electrons. The van der Waals surface area contributed by atoms with E-state index in [0.717, 1.165) is 0 Å². The van der Waals surface area contributed by atoms with Crippen LogP contribution in [-0.2, 0) is 5.60 Å². The van der Waals surface area contributed by atoms with Crippen molar-refractivity contribution in [3.63, 3.8) is 0 Å². The first-order chi connectivity index (χ1) is 8.82. The van der Waals surface area contributed by atoms with Gasteiger partial charge in [0, 0.05) is 11.6 Å². The Kier molecular flexibility index (Phi) is 3.70. The SMILES string of the molecule is O=[N+]([O-])c1ccc(C(O)(C(F)(F)F)C(F)(F)F)cc1F. The highest BCUT2D eigenvalue weighted by Gasteiger charge is 2.71. The molecule has 0 heterocycles. The number of rotatable bonds is 2. The van der Waals surface area contributed by atoms with Gasteiger partial charge in [-0.3, -0.25) is 10.1 Å². The number of nitro groups is 1. The minimum absolute atomic E-state index is 0.0117. The van der Waals surface area contributed by atoms with Crippen molar-refractivity contribution in [3.05, 3.63) is 39.7 Å². The van der Waals surface area contributed by atoms with E-state index in [0.29, 0.717) is 0 Å². The molecule has 0 atom stereocenters. The Hall–Kier alpha value is -1.91. The Morgan fingerprint density at radius 1 is 1.05 bits per heavy atom. The highest BCUT2D eigenvalue weighted by Crippen LogP contribution is 2.50. The lowest BCUT2D eigenvalue weighted by atomic mass is 9.92. The summed E-state index contributed by atoms with van der Waals surface area (Å²) in [5.41, 5.74) is -8.54. The molecule has 0 aliphatic carbocycles. The van der Waals surface area contributed by atoms with Crippen LogP contribution < -0.4 is 0 Å². The quantitative estimate of drug-likeness (QED) is 0.519. The van der Waals surface area contributed by atoms with Gasteiger partial charge in [-0.25, -0.2) is 0 Å². The summed E-state index contributed by atoms with van der Waals surface area (Å²) in [6, 6.07) is -0.283. The summed E-state index contributed by atoms with van der Waals surface area (Å²) in [7, 11) is 0. The van der Waals surface area contributed by atoms with Crippen LogP contribution in [0.2, 0.25) is 0 Å². The van der Waals surface area contributed by atoms with Gasteiger partial charge in [-0.15, -0.1) is 0 Å². The number of nitrogens with zero attached hydrogens (tertiary/aromatic N) is 1. The van der Waals surface area contributed by atoms with Gasteiger partial charge in [0.2, 0.25) is 5.82 Å². The van der Waals surface area contributed by atoms with Crippen LogP contribution in [-0.4, -0.2) is 22.4 Å². The van der Waals surface area contributed by atoms with Crippen LogP contribution in [0.1, 0.15) is 5.56 Å². The predicted octanol–water partition coefficient (Wildman–Crippen LogP) is 3.05. The maximum absolute atomic E-state index is 13.1. The second-order valence-electron chi connectivity index (χ2n) is 3.63. The minimum Gasteiger partial charge on any atom is -0.369 e. The van der Waals surface area contributed by atoms with Gasteiger partial charge in [-0.05, 0) is 12.1 Å². The Morgan fingerprint density at radius 2 is 1.50 bits per heavy atom. The molecule has 4 nitrogen and oxygen atoms in total. The van der Waals surface area contributed by atoms with Gasteiger partial charge >= 0.3 is 18.0 Å². The van der Waals surface area contributed by atoms with E-state index in [-0.39, 0.29) is 18.2 Å². The molecule has 0 fully saturated rings. The molecule has 1 aromatic rings. The first-order valence-electron chi connectivity index (χ1n) is 4.62. The molecule has 20 heavy (non-hydrogen) atoms. The lowest BCUT2D eigenvalue weighted by Gasteiger charge is -2.32. The zero-order valence-corrected chi connectivity index (χ0v) is 9.09. The van der Waals surface area contributed by atoms with Crippen molar-refractivity contribution in [1.29, 1.82) is 0 Å². The van der Waals surface area contributed by atoms with E-state index in [1.54, 1.807) is 0 Å². The van der Waals surface area contributed by atoms with Gasteiger partial charge < -0.3 is 5.11 Å². The van der Waals surface area contributed by atoms with Crippen molar-refractivity contribution < 1.29 is 40.8 Å². The molecule has 0 saturated carbocycles. The van der Waals surface area contributed by atoms with Gasteiger partial charge in [0.05, 0.1) is 4.92 Å². The fourth-order valence-corrected chi connectivity index (χ4v) is 1.37. The number of hydrogen-bond acceptors (Lipinski definition) is 3. The molecule has 0 aliphatic rings. The van der Waals surface area contributed by atoms with Gasteiger partial charge in [0.1, 0.15) is 0 Å². The van der Waals surface area contributed by atoms with Crippen LogP contribution in [0.25, 0.3) is 0 Å². The number of aliphatic hydroxyl groups is 1. The molecule has 1 N–H and O–H groups in total. The van der Waals surface area contributed by atoms with Crippen molar-refractivity contribution in [2.24, 2.45) is 0 Å². The van der Waals surface area contributed by atoms with Crippen molar-refractivity contribution >= 4 is 5.69 Å². The topological polar surface area (TPSA) is 63.4 Å². The van der Waals surface area contributed by atoms with Crippen molar-refractivity contribution in [3.8, 4) is 0 Å². The predicted molar refractivity (Wildman–Crippen MR) is 49.1 cm³/mol. The average Bonchev–Trinajstić information content (AvgIpc) is 2.24. The van der Waals surface area contributed by atoms with E-state index < -0.39 is 39.9 Å². The number of alkyl halides is 6. The van der Waals surface area contributed by atoms with Crippen molar-refractivity contribution in [2.75, 3.05) is 0 Å². The smallest absolute Gasteiger partial charge is 0.369 e. The van der Waals surface area contributed by atoms with E-state index in [9.17, 15) is 40.8 Å². The maximum atomic E-state index is 13.1. The van der Waals surface area contributed by atoms with Gasteiger partial charge in [-0.1, -0.05) is 0 Å². The van der Waals surface area contributed by atoms with Crippen LogP contribution in [0.3, 0.4) is 0 Å². The summed E-state index contributed by atoms with van der Waals surface area (Å²) in [5.74, 6) is -1.93. The summed E-state index contributed by atoms with van der Waals surface area (Å²) in [6.07, 6.45) is -12.4. The third-order valence-corrected chi connectivity index (χ3v) is 2.38. The number of nitro benzene ring substituents is 1. The van der Waals surface area contributed by atoms with Crippen LogP contribution >= 0.6 is 0 Å². The Bertz CT molecular complexity index is 523. The first-order valence-corrected chi connectivity index (χ1v) is 4.62. The van der Waals surface area contributed by atoms with E-state index in [1.807, 2.05) is 0 Å². The molecular formula is C9H4F7NO3. The van der Waals surface area contributed by atoms with Crippen LogP contribution in [0, 0.1) is 15.9 Å². The third kappa shape index (κ3) is 2.40. The minimum atomic E-state index is -6.19. The molecule has 0 bridgehead atoms. The number of hydrogen-bond donors (Lipinski definition) is 1. The van der Waals surface area contributed by atoms with Crippen LogP contribution in [0.5, 0.6) is 0 Å². The zero-order valence-electron chi connectivity index (χ0n) is 9.09. The van der Waals surface area contributed by atoms with E-state index in [2.05, 4.69) is 0 Å². The Labute approximate surface area is 105 Å².